The molecule has 4 rings (SSSR count). The van der Waals surface area contributed by atoms with Crippen LogP contribution in [-0.4, -0.2) is 38.0 Å². The number of nitro groups is 1. The average Bonchev–Trinajstić information content (AvgIpc) is 2.84. The number of aromatic nitrogens is 2. The fourth-order valence-electron chi connectivity index (χ4n) is 4.17. The summed E-state index contributed by atoms with van der Waals surface area (Å²) in [6.45, 7) is 1.27. The number of fused-ring (bicyclic) bond motifs is 1. The van der Waals surface area contributed by atoms with E-state index in [0.717, 1.165) is 36.6 Å². The Morgan fingerprint density at radius 2 is 2.06 bits per heavy atom. The van der Waals surface area contributed by atoms with Crippen molar-refractivity contribution >= 4 is 44.7 Å². The summed E-state index contributed by atoms with van der Waals surface area (Å²) < 4.78 is 7.38. The number of para-hydroxylation sites is 1. The quantitative estimate of drug-likeness (QED) is 0.256. The van der Waals surface area contributed by atoms with Gasteiger partial charge in [-0.2, -0.15) is 9.78 Å². The second kappa shape index (κ2) is 10.3. The van der Waals surface area contributed by atoms with Gasteiger partial charge in [-0.1, -0.05) is 41.3 Å². The Labute approximate surface area is 208 Å². The lowest BCUT2D eigenvalue weighted by molar-refractivity contribution is -0.386. The van der Waals surface area contributed by atoms with Gasteiger partial charge in [0, 0.05) is 22.0 Å². The van der Waals surface area contributed by atoms with E-state index in [2.05, 4.69) is 21.0 Å². The first kappa shape index (κ1) is 24.5. The third-order valence-corrected chi connectivity index (χ3v) is 6.47. The van der Waals surface area contributed by atoms with Crippen molar-refractivity contribution in [1.29, 1.82) is 0 Å². The van der Waals surface area contributed by atoms with Crippen molar-refractivity contribution in [2.24, 2.45) is 5.10 Å². The molecule has 182 valence electrons. The molecule has 0 spiro atoms. The summed E-state index contributed by atoms with van der Waals surface area (Å²) in [7, 11) is 0. The number of carbonyl (C=O) groups is 1. The first-order valence-electron chi connectivity index (χ1n) is 11.2. The molecule has 10 nitrogen and oxygen atoms in total. The van der Waals surface area contributed by atoms with Crippen molar-refractivity contribution < 1.29 is 19.6 Å². The molecular formula is C24H23BrN4O6. The molecule has 1 fully saturated rings. The number of benzene rings is 2. The van der Waals surface area contributed by atoms with Crippen LogP contribution in [0.1, 0.15) is 56.3 Å². The Kier molecular flexibility index (Phi) is 7.25. The smallest absolute Gasteiger partial charge is 0.344 e. The fourth-order valence-corrected chi connectivity index (χ4v) is 4.53. The molecule has 0 radical (unpaired) electrons. The Balaban J connectivity index is 1.86. The van der Waals surface area contributed by atoms with Crippen LogP contribution in [0, 0.1) is 10.1 Å². The van der Waals surface area contributed by atoms with Crippen LogP contribution < -0.4 is 10.3 Å². The van der Waals surface area contributed by atoms with E-state index in [1.54, 1.807) is 12.1 Å². The summed E-state index contributed by atoms with van der Waals surface area (Å²) in [4.78, 5) is 40.4. The van der Waals surface area contributed by atoms with Crippen LogP contribution in [0.5, 0.6) is 5.75 Å². The number of nitro benzene ring substituents is 1. The number of hydrogen-bond donors (Lipinski definition) is 1. The van der Waals surface area contributed by atoms with Crippen molar-refractivity contribution in [3.05, 3.63) is 72.7 Å². The van der Waals surface area contributed by atoms with Gasteiger partial charge in [-0.15, -0.1) is 0 Å². The molecule has 1 N–H and O–H groups in total. The van der Waals surface area contributed by atoms with Gasteiger partial charge in [-0.25, -0.2) is 9.78 Å². The van der Waals surface area contributed by atoms with E-state index in [0.29, 0.717) is 16.7 Å². The van der Waals surface area contributed by atoms with Gasteiger partial charge >= 0.3 is 11.7 Å². The second-order valence-electron chi connectivity index (χ2n) is 8.38. The van der Waals surface area contributed by atoms with E-state index in [-0.39, 0.29) is 22.8 Å². The molecule has 11 heteroatoms. The molecule has 1 aliphatic rings. The monoisotopic (exact) mass is 542 g/mol. The van der Waals surface area contributed by atoms with Crippen LogP contribution in [-0.2, 0) is 4.79 Å². The molecule has 35 heavy (non-hydrogen) atoms. The Morgan fingerprint density at radius 1 is 1.31 bits per heavy atom. The molecule has 1 heterocycles. The normalized spacial score (nSPS) is 15.4. The molecule has 1 saturated carbocycles. The standard InChI is InChI=1S/C24H23BrN4O6/c1-14(24(31)32)35-21-16(8-5-9-20(21)29(33)34)13-26-28-22(15-6-3-2-4-7-15)27-19-11-10-17(25)12-18(19)23(28)30/h5,8-15H,2-4,6-7H2,1H3,(H,31,32)/t14-/m0/s1. The maximum absolute atomic E-state index is 13.5. The van der Waals surface area contributed by atoms with Crippen molar-refractivity contribution in [3.8, 4) is 5.75 Å². The fraction of sp³-hybridized carbons (Fsp3) is 0.333. The lowest BCUT2D eigenvalue weighted by Crippen LogP contribution is -2.25. The molecule has 0 bridgehead atoms. The third kappa shape index (κ3) is 5.24. The number of carboxylic acid groups (broad SMARTS) is 1. The molecule has 0 saturated heterocycles. The number of ether oxygens (including phenoxy) is 1. The van der Waals surface area contributed by atoms with E-state index < -0.39 is 22.7 Å². The molecule has 0 amide bonds. The van der Waals surface area contributed by atoms with E-state index in [4.69, 9.17) is 9.72 Å². The SMILES string of the molecule is C[C@H](Oc1c(C=Nn2c(C3CCCCC3)nc3ccc(Br)cc3c2=O)cccc1[N+](=O)[O-])C(=O)O. The molecule has 1 atom stereocenters. The summed E-state index contributed by atoms with van der Waals surface area (Å²) in [5.74, 6) is -0.923. The van der Waals surface area contributed by atoms with Gasteiger partial charge in [0.1, 0.15) is 5.82 Å². The lowest BCUT2D eigenvalue weighted by atomic mass is 9.88. The van der Waals surface area contributed by atoms with Crippen LogP contribution in [0.25, 0.3) is 10.9 Å². The summed E-state index contributed by atoms with van der Waals surface area (Å²) in [5.41, 5.74) is -0.0228. The zero-order chi connectivity index (χ0) is 25.1. The van der Waals surface area contributed by atoms with Crippen molar-refractivity contribution in [3.63, 3.8) is 0 Å². The van der Waals surface area contributed by atoms with Crippen LogP contribution >= 0.6 is 15.9 Å². The minimum absolute atomic E-state index is 0.0505. The minimum atomic E-state index is -1.33. The zero-order valence-electron chi connectivity index (χ0n) is 18.9. The maximum Gasteiger partial charge on any atom is 0.344 e. The van der Waals surface area contributed by atoms with Crippen LogP contribution in [0.4, 0.5) is 5.69 Å². The maximum atomic E-state index is 13.5. The van der Waals surface area contributed by atoms with Crippen molar-refractivity contribution in [2.45, 2.75) is 51.0 Å². The van der Waals surface area contributed by atoms with Gasteiger partial charge in [0.2, 0.25) is 5.75 Å². The van der Waals surface area contributed by atoms with Gasteiger partial charge < -0.3 is 9.84 Å². The van der Waals surface area contributed by atoms with Gasteiger partial charge in [-0.05, 0) is 44.0 Å². The first-order chi connectivity index (χ1) is 16.8. The van der Waals surface area contributed by atoms with Crippen LogP contribution in [0.2, 0.25) is 0 Å². The van der Waals surface area contributed by atoms with E-state index in [1.165, 1.54) is 36.0 Å². The summed E-state index contributed by atoms with van der Waals surface area (Å²) in [6.07, 6.45) is 4.88. The van der Waals surface area contributed by atoms with E-state index in [9.17, 15) is 24.8 Å². The summed E-state index contributed by atoms with van der Waals surface area (Å²) in [5, 5.41) is 25.6. The number of nitrogens with zero attached hydrogens (tertiary/aromatic N) is 4. The Morgan fingerprint density at radius 3 is 2.74 bits per heavy atom. The van der Waals surface area contributed by atoms with Crippen molar-refractivity contribution in [1.82, 2.24) is 9.66 Å². The highest BCUT2D eigenvalue weighted by atomic mass is 79.9. The predicted molar refractivity (Wildman–Crippen MR) is 133 cm³/mol. The Bertz CT molecular complexity index is 1380. The van der Waals surface area contributed by atoms with Gasteiger partial charge in [0.05, 0.1) is 22.0 Å². The highest BCUT2D eigenvalue weighted by Crippen LogP contribution is 2.33. The molecule has 1 aromatic heterocycles. The average molecular weight is 543 g/mol. The lowest BCUT2D eigenvalue weighted by Gasteiger charge is -2.22. The summed E-state index contributed by atoms with van der Waals surface area (Å²) in [6, 6.07) is 9.45. The number of hydrogen-bond acceptors (Lipinski definition) is 7. The number of rotatable bonds is 7. The number of aliphatic carboxylic acids is 1. The van der Waals surface area contributed by atoms with Gasteiger partial charge in [-0.3, -0.25) is 14.9 Å². The first-order valence-corrected chi connectivity index (χ1v) is 12.0. The predicted octanol–water partition coefficient (Wildman–Crippen LogP) is 4.85. The molecule has 0 unspecified atom stereocenters. The summed E-state index contributed by atoms with van der Waals surface area (Å²) >= 11 is 3.38. The van der Waals surface area contributed by atoms with Gasteiger partial charge in [0.25, 0.3) is 5.56 Å². The highest BCUT2D eigenvalue weighted by Gasteiger charge is 2.25. The molecular weight excluding hydrogens is 520 g/mol. The second-order valence-corrected chi connectivity index (χ2v) is 9.29. The minimum Gasteiger partial charge on any atom is -0.479 e. The topological polar surface area (TPSA) is 137 Å². The molecule has 1 aliphatic carbocycles. The highest BCUT2D eigenvalue weighted by molar-refractivity contribution is 9.10. The molecule has 3 aromatic rings. The number of halogens is 1. The number of carboxylic acids is 1. The zero-order valence-corrected chi connectivity index (χ0v) is 20.5. The van der Waals surface area contributed by atoms with Crippen molar-refractivity contribution in [2.75, 3.05) is 0 Å². The molecule has 2 aromatic carbocycles. The van der Waals surface area contributed by atoms with Gasteiger partial charge in [0.15, 0.2) is 6.10 Å². The van der Waals surface area contributed by atoms with E-state index >= 15 is 0 Å². The van der Waals surface area contributed by atoms with Crippen LogP contribution in [0.3, 0.4) is 0 Å². The Hall–Kier alpha value is -3.60. The molecule has 0 aliphatic heterocycles. The largest absolute Gasteiger partial charge is 0.479 e. The third-order valence-electron chi connectivity index (χ3n) is 5.98. The van der Waals surface area contributed by atoms with Crippen LogP contribution in [0.15, 0.2) is 50.8 Å². The van der Waals surface area contributed by atoms with E-state index in [1.807, 2.05) is 6.07 Å².